The second kappa shape index (κ2) is 7.64. The van der Waals surface area contributed by atoms with E-state index in [2.05, 4.69) is 32.9 Å². The number of nitrogens with zero attached hydrogens (tertiary/aromatic N) is 2. The first-order valence-electron chi connectivity index (χ1n) is 7.08. The normalized spacial score (nSPS) is 20.9. The molecule has 1 aliphatic heterocycles. The van der Waals surface area contributed by atoms with Gasteiger partial charge in [0.1, 0.15) is 6.61 Å². The molecule has 1 heterocycles. The van der Waals surface area contributed by atoms with Crippen molar-refractivity contribution in [3.63, 3.8) is 0 Å². The molecule has 1 atom stereocenters. The Balaban J connectivity index is 1.79. The van der Waals surface area contributed by atoms with Crippen molar-refractivity contribution >= 4 is 21.8 Å². The number of benzene rings is 1. The average Bonchev–Trinajstić information content (AvgIpc) is 2.41. The molecule has 20 heavy (non-hydrogen) atoms. The molecule has 0 aromatic heterocycles. The van der Waals surface area contributed by atoms with Crippen molar-refractivity contribution in [3.05, 3.63) is 34.3 Å². The summed E-state index contributed by atoms with van der Waals surface area (Å²) in [6.07, 6.45) is 3.80. The Labute approximate surface area is 129 Å². The third-order valence-electron chi connectivity index (χ3n) is 3.61. The minimum absolute atomic E-state index is 0.440. The standard InChI is InChI=1S/C15H22BrN3O/c1-12-5-2-3-8-19(12)10-15(17)18-20-11-13-6-4-7-14(16)9-13/h4,6-7,9,12H,2-3,5,8,10-11H2,1H3,(H2,17,18). The molecule has 5 heteroatoms. The molecule has 1 saturated heterocycles. The Bertz CT molecular complexity index is 464. The van der Waals surface area contributed by atoms with Gasteiger partial charge in [-0.1, -0.05) is 39.6 Å². The first kappa shape index (κ1) is 15.3. The van der Waals surface area contributed by atoms with E-state index < -0.39 is 0 Å². The topological polar surface area (TPSA) is 50.8 Å². The Morgan fingerprint density at radius 1 is 1.50 bits per heavy atom. The quantitative estimate of drug-likeness (QED) is 0.509. The van der Waals surface area contributed by atoms with Crippen molar-refractivity contribution in [3.8, 4) is 0 Å². The van der Waals surface area contributed by atoms with Gasteiger partial charge >= 0.3 is 0 Å². The second-order valence-electron chi connectivity index (χ2n) is 5.30. The number of nitrogens with two attached hydrogens (primary N) is 1. The molecule has 1 aromatic carbocycles. The van der Waals surface area contributed by atoms with Gasteiger partial charge in [0, 0.05) is 10.5 Å². The maximum absolute atomic E-state index is 5.93. The van der Waals surface area contributed by atoms with Crippen LogP contribution in [0.2, 0.25) is 0 Å². The molecule has 2 rings (SSSR count). The molecule has 0 saturated carbocycles. The van der Waals surface area contributed by atoms with Gasteiger partial charge in [0.15, 0.2) is 5.84 Å². The monoisotopic (exact) mass is 339 g/mol. The molecule has 1 aromatic rings. The summed E-state index contributed by atoms with van der Waals surface area (Å²) >= 11 is 3.43. The van der Waals surface area contributed by atoms with E-state index in [-0.39, 0.29) is 0 Å². The van der Waals surface area contributed by atoms with Crippen molar-refractivity contribution in [2.45, 2.75) is 38.8 Å². The van der Waals surface area contributed by atoms with Crippen LogP contribution in [0.4, 0.5) is 0 Å². The highest BCUT2D eigenvalue weighted by Crippen LogP contribution is 2.15. The summed E-state index contributed by atoms with van der Waals surface area (Å²) in [7, 11) is 0. The van der Waals surface area contributed by atoms with E-state index in [1.165, 1.54) is 19.3 Å². The smallest absolute Gasteiger partial charge is 0.153 e. The molecule has 0 radical (unpaired) electrons. The van der Waals surface area contributed by atoms with Crippen LogP contribution in [0.15, 0.2) is 33.9 Å². The van der Waals surface area contributed by atoms with Gasteiger partial charge in [-0.15, -0.1) is 0 Å². The first-order valence-corrected chi connectivity index (χ1v) is 7.87. The predicted molar refractivity (Wildman–Crippen MR) is 85.4 cm³/mol. The fourth-order valence-electron chi connectivity index (χ4n) is 2.45. The number of piperidine rings is 1. The van der Waals surface area contributed by atoms with E-state index in [0.29, 0.717) is 25.0 Å². The number of likely N-dealkylation sites (tertiary alicyclic amines) is 1. The molecular formula is C15H22BrN3O. The number of amidine groups is 1. The van der Waals surface area contributed by atoms with Crippen LogP contribution >= 0.6 is 15.9 Å². The van der Waals surface area contributed by atoms with Gasteiger partial charge in [0.25, 0.3) is 0 Å². The molecule has 0 bridgehead atoms. The first-order chi connectivity index (χ1) is 9.65. The van der Waals surface area contributed by atoms with Gasteiger partial charge in [-0.2, -0.15) is 0 Å². The zero-order valence-corrected chi connectivity index (χ0v) is 13.5. The molecular weight excluding hydrogens is 318 g/mol. The SMILES string of the molecule is CC1CCCCN1CC(N)=NOCc1cccc(Br)c1. The van der Waals surface area contributed by atoms with Gasteiger partial charge < -0.3 is 10.6 Å². The van der Waals surface area contributed by atoms with Crippen LogP contribution < -0.4 is 5.73 Å². The van der Waals surface area contributed by atoms with Crippen LogP contribution in [0.5, 0.6) is 0 Å². The van der Waals surface area contributed by atoms with Gasteiger partial charge in [0.05, 0.1) is 6.54 Å². The Morgan fingerprint density at radius 3 is 3.10 bits per heavy atom. The zero-order valence-electron chi connectivity index (χ0n) is 11.9. The maximum atomic E-state index is 5.93. The summed E-state index contributed by atoms with van der Waals surface area (Å²) in [4.78, 5) is 7.69. The largest absolute Gasteiger partial charge is 0.389 e. The summed E-state index contributed by atoms with van der Waals surface area (Å²) < 4.78 is 1.04. The van der Waals surface area contributed by atoms with E-state index in [9.17, 15) is 0 Å². The van der Waals surface area contributed by atoms with Gasteiger partial charge in [-0.3, -0.25) is 4.90 Å². The highest BCUT2D eigenvalue weighted by Gasteiger charge is 2.18. The fraction of sp³-hybridized carbons (Fsp3) is 0.533. The lowest BCUT2D eigenvalue weighted by Crippen LogP contribution is -2.42. The highest BCUT2D eigenvalue weighted by atomic mass is 79.9. The lowest BCUT2D eigenvalue weighted by atomic mass is 10.0. The van der Waals surface area contributed by atoms with E-state index in [1.54, 1.807) is 0 Å². The van der Waals surface area contributed by atoms with Crippen LogP contribution in [0.25, 0.3) is 0 Å². The Kier molecular flexibility index (Phi) is 5.86. The van der Waals surface area contributed by atoms with Gasteiger partial charge in [-0.25, -0.2) is 0 Å². The average molecular weight is 340 g/mol. The minimum atomic E-state index is 0.440. The molecule has 0 aliphatic carbocycles. The number of oxime groups is 1. The lowest BCUT2D eigenvalue weighted by Gasteiger charge is -2.32. The molecule has 0 spiro atoms. The lowest BCUT2D eigenvalue weighted by molar-refractivity contribution is 0.126. The molecule has 2 N–H and O–H groups in total. The van der Waals surface area contributed by atoms with E-state index in [0.717, 1.165) is 16.6 Å². The number of hydrogen-bond donors (Lipinski definition) is 1. The predicted octanol–water partition coefficient (Wildman–Crippen LogP) is 3.11. The van der Waals surface area contributed by atoms with E-state index in [1.807, 2.05) is 24.3 Å². The van der Waals surface area contributed by atoms with Crippen molar-refractivity contribution < 1.29 is 4.84 Å². The number of halogens is 1. The number of rotatable bonds is 5. The molecule has 1 fully saturated rings. The van der Waals surface area contributed by atoms with Crippen molar-refractivity contribution in [1.82, 2.24) is 4.90 Å². The molecule has 1 aliphatic rings. The van der Waals surface area contributed by atoms with Crippen molar-refractivity contribution in [2.24, 2.45) is 10.9 Å². The molecule has 0 amide bonds. The number of hydrogen-bond acceptors (Lipinski definition) is 3. The zero-order chi connectivity index (χ0) is 14.4. The van der Waals surface area contributed by atoms with Crippen molar-refractivity contribution in [2.75, 3.05) is 13.1 Å². The van der Waals surface area contributed by atoms with E-state index in [4.69, 9.17) is 10.6 Å². The third kappa shape index (κ3) is 4.80. The summed E-state index contributed by atoms with van der Waals surface area (Å²) in [6, 6.07) is 8.56. The summed E-state index contributed by atoms with van der Waals surface area (Å²) in [5, 5.41) is 4.02. The van der Waals surface area contributed by atoms with Crippen molar-refractivity contribution in [1.29, 1.82) is 0 Å². The highest BCUT2D eigenvalue weighted by molar-refractivity contribution is 9.10. The molecule has 4 nitrogen and oxygen atoms in total. The van der Waals surface area contributed by atoms with Crippen LogP contribution in [0.3, 0.4) is 0 Å². The van der Waals surface area contributed by atoms with Crippen LogP contribution in [0.1, 0.15) is 31.7 Å². The summed E-state index contributed by atoms with van der Waals surface area (Å²) in [6.45, 7) is 4.48. The third-order valence-corrected chi connectivity index (χ3v) is 4.10. The van der Waals surface area contributed by atoms with Gasteiger partial charge in [-0.05, 0) is 44.0 Å². The molecule has 110 valence electrons. The fourth-order valence-corrected chi connectivity index (χ4v) is 2.89. The van der Waals surface area contributed by atoms with Gasteiger partial charge in [0.2, 0.25) is 0 Å². The van der Waals surface area contributed by atoms with Crippen LogP contribution in [0, 0.1) is 0 Å². The summed E-state index contributed by atoms with van der Waals surface area (Å²) in [5.74, 6) is 0.550. The Morgan fingerprint density at radius 2 is 2.35 bits per heavy atom. The van der Waals surface area contributed by atoms with E-state index >= 15 is 0 Å². The Hall–Kier alpha value is -1.07. The molecule has 1 unspecified atom stereocenters. The maximum Gasteiger partial charge on any atom is 0.153 e. The second-order valence-corrected chi connectivity index (χ2v) is 6.22. The van der Waals surface area contributed by atoms with Crippen LogP contribution in [-0.4, -0.2) is 29.9 Å². The summed E-state index contributed by atoms with van der Waals surface area (Å²) in [5.41, 5.74) is 7.01. The van der Waals surface area contributed by atoms with Crippen LogP contribution in [-0.2, 0) is 11.4 Å². The minimum Gasteiger partial charge on any atom is -0.389 e.